The molecular weight excluding hydrogens is 412 g/mol. The van der Waals surface area contributed by atoms with Gasteiger partial charge in [0.15, 0.2) is 0 Å². The number of hydrogen-bond donors (Lipinski definition) is 3. The van der Waals surface area contributed by atoms with Crippen LogP contribution in [0.1, 0.15) is 37.5 Å². The molecule has 0 aliphatic carbocycles. The van der Waals surface area contributed by atoms with Gasteiger partial charge in [0.2, 0.25) is 0 Å². The molecule has 0 unspecified atom stereocenters. The van der Waals surface area contributed by atoms with Gasteiger partial charge in [0, 0.05) is 6.42 Å². The highest BCUT2D eigenvalue weighted by molar-refractivity contribution is 6.02. The second kappa shape index (κ2) is 9.27. The van der Waals surface area contributed by atoms with Crippen LogP contribution in [0.25, 0.3) is 0 Å². The number of nitrogens with two attached hydrogens (primary N) is 2. The highest BCUT2D eigenvalue weighted by atomic mass is 16.6. The summed E-state index contributed by atoms with van der Waals surface area (Å²) in [5.74, 6) is -0.546. The number of benzene rings is 2. The molecule has 0 aromatic heterocycles. The summed E-state index contributed by atoms with van der Waals surface area (Å²) in [6.07, 6.45) is -0.728. The molecule has 0 fully saturated rings. The Kier molecular flexibility index (Phi) is 6.69. The average molecular weight is 441 g/mol. The number of carbonyl (C=O) groups excluding carboxylic acids is 3. The molecule has 2 heterocycles. The summed E-state index contributed by atoms with van der Waals surface area (Å²) in [6.45, 7) is 5.35. The minimum atomic E-state index is -0.918. The van der Waals surface area contributed by atoms with Crippen LogP contribution in [0.5, 0.6) is 0 Å². The van der Waals surface area contributed by atoms with Gasteiger partial charge in [-0.1, -0.05) is 36.4 Å². The largest absolute Gasteiger partial charge is 0.460 e. The van der Waals surface area contributed by atoms with Crippen LogP contribution >= 0.6 is 0 Å². The Hall–Kier alpha value is -3.59. The maximum absolute atomic E-state index is 13.1. The minimum absolute atomic E-state index is 0.0885. The molecule has 2 aromatic rings. The van der Waals surface area contributed by atoms with E-state index in [2.05, 4.69) is 5.32 Å². The second-order valence-corrected chi connectivity index (χ2v) is 8.60. The van der Waals surface area contributed by atoms with Crippen molar-refractivity contribution in [2.75, 3.05) is 10.6 Å². The van der Waals surface area contributed by atoms with Crippen molar-refractivity contribution in [3.05, 3.63) is 59.2 Å². The topological polar surface area (TPSA) is 137 Å². The standard InChI is InChI=1S/C23H28N4O5/c1-23(2,3)32-22(30)26-21(29)27-12-14-7-9-15(10-8-14)13-31-20(28)17(24)11-16-5-4-6-18(27)19(16)25/h4-10,17H,11-13,24-25H2,1-3H3,(H,26,29,30)/t17-/m0/s1. The van der Waals surface area contributed by atoms with Crippen molar-refractivity contribution >= 4 is 29.5 Å². The fraction of sp³-hybridized carbons (Fsp3) is 0.348. The van der Waals surface area contributed by atoms with Gasteiger partial charge in [-0.05, 0) is 43.5 Å². The molecule has 0 saturated carbocycles. The Morgan fingerprint density at radius 3 is 2.44 bits per heavy atom. The summed E-state index contributed by atoms with van der Waals surface area (Å²) >= 11 is 0. The highest BCUT2D eigenvalue weighted by Gasteiger charge is 2.26. The van der Waals surface area contributed by atoms with Crippen molar-refractivity contribution in [1.82, 2.24) is 5.32 Å². The number of nitrogen functional groups attached to an aromatic ring is 1. The van der Waals surface area contributed by atoms with Crippen LogP contribution in [0, 0.1) is 0 Å². The second-order valence-electron chi connectivity index (χ2n) is 8.60. The average Bonchev–Trinajstić information content (AvgIpc) is 2.70. The smallest absolute Gasteiger partial charge is 0.415 e. The van der Waals surface area contributed by atoms with E-state index in [1.807, 2.05) is 12.1 Å². The van der Waals surface area contributed by atoms with E-state index < -0.39 is 29.7 Å². The Morgan fingerprint density at radius 2 is 1.78 bits per heavy atom. The number of para-hydroxylation sites is 1. The summed E-state index contributed by atoms with van der Waals surface area (Å²) in [5.41, 5.74) is 14.5. The van der Waals surface area contributed by atoms with Crippen molar-refractivity contribution in [2.45, 2.75) is 52.0 Å². The predicted molar refractivity (Wildman–Crippen MR) is 120 cm³/mol. The zero-order valence-corrected chi connectivity index (χ0v) is 18.4. The van der Waals surface area contributed by atoms with E-state index in [1.54, 1.807) is 51.1 Å². The molecule has 32 heavy (non-hydrogen) atoms. The van der Waals surface area contributed by atoms with Crippen molar-refractivity contribution < 1.29 is 23.9 Å². The predicted octanol–water partition coefficient (Wildman–Crippen LogP) is 2.85. The normalized spacial score (nSPS) is 16.7. The number of alkyl carbamates (subject to hydrolysis) is 1. The molecule has 170 valence electrons. The number of fused-ring (bicyclic) bond motifs is 7. The molecule has 5 N–H and O–H groups in total. The van der Waals surface area contributed by atoms with Crippen LogP contribution in [0.2, 0.25) is 0 Å². The number of nitrogens with zero attached hydrogens (tertiary/aromatic N) is 1. The van der Waals surface area contributed by atoms with Gasteiger partial charge in [0.1, 0.15) is 18.2 Å². The van der Waals surface area contributed by atoms with Gasteiger partial charge in [-0.2, -0.15) is 0 Å². The van der Waals surface area contributed by atoms with Crippen molar-refractivity contribution in [3.8, 4) is 0 Å². The summed E-state index contributed by atoms with van der Waals surface area (Å²) in [5, 5.41) is 2.26. The van der Waals surface area contributed by atoms with E-state index in [1.165, 1.54) is 4.90 Å². The molecule has 2 aromatic carbocycles. The number of esters is 1. The van der Waals surface area contributed by atoms with E-state index in [4.69, 9.17) is 20.9 Å². The van der Waals surface area contributed by atoms with Crippen LogP contribution in [-0.4, -0.2) is 29.7 Å². The van der Waals surface area contributed by atoms with Gasteiger partial charge >= 0.3 is 18.1 Å². The van der Waals surface area contributed by atoms with Crippen LogP contribution in [0.15, 0.2) is 42.5 Å². The lowest BCUT2D eigenvalue weighted by Gasteiger charge is -2.27. The van der Waals surface area contributed by atoms with Crippen LogP contribution in [0.4, 0.5) is 21.0 Å². The van der Waals surface area contributed by atoms with Crippen LogP contribution < -0.4 is 21.7 Å². The monoisotopic (exact) mass is 440 g/mol. The SMILES string of the molecule is CC(C)(C)OC(=O)NC(=O)N1Cc2ccc(cc2)COC(=O)[C@@H](N)Cc2cccc1c2N. The number of anilines is 2. The Morgan fingerprint density at radius 1 is 1.12 bits per heavy atom. The summed E-state index contributed by atoms with van der Waals surface area (Å²) in [6, 6.07) is 10.7. The van der Waals surface area contributed by atoms with Gasteiger partial charge in [0.05, 0.1) is 17.9 Å². The molecule has 9 heteroatoms. The number of carbonyl (C=O) groups is 3. The van der Waals surface area contributed by atoms with E-state index in [9.17, 15) is 14.4 Å². The highest BCUT2D eigenvalue weighted by Crippen LogP contribution is 2.29. The maximum atomic E-state index is 13.1. The quantitative estimate of drug-likeness (QED) is 0.423. The number of rotatable bonds is 0. The molecule has 4 bridgehead atoms. The fourth-order valence-corrected chi connectivity index (χ4v) is 3.24. The number of hydrogen-bond acceptors (Lipinski definition) is 7. The first kappa shape index (κ1) is 23.1. The summed E-state index contributed by atoms with van der Waals surface area (Å²) in [4.78, 5) is 38.9. The first-order valence-electron chi connectivity index (χ1n) is 10.2. The zero-order chi connectivity index (χ0) is 23.5. The zero-order valence-electron chi connectivity index (χ0n) is 18.4. The van der Waals surface area contributed by atoms with Gasteiger partial charge in [0.25, 0.3) is 0 Å². The van der Waals surface area contributed by atoms with Crippen molar-refractivity contribution in [1.29, 1.82) is 0 Å². The van der Waals surface area contributed by atoms with Gasteiger partial charge in [-0.25, -0.2) is 14.9 Å². The molecule has 1 atom stereocenters. The molecule has 3 amide bonds. The Balaban J connectivity index is 2.00. The maximum Gasteiger partial charge on any atom is 0.415 e. The lowest BCUT2D eigenvalue weighted by atomic mass is 10.0. The van der Waals surface area contributed by atoms with Crippen LogP contribution in [0.3, 0.4) is 0 Å². The molecule has 9 nitrogen and oxygen atoms in total. The van der Waals surface area contributed by atoms with Gasteiger partial charge in [-0.3, -0.25) is 9.69 Å². The molecule has 0 saturated heterocycles. The third-order valence-corrected chi connectivity index (χ3v) is 4.80. The molecule has 0 spiro atoms. The van der Waals surface area contributed by atoms with Crippen LogP contribution in [-0.2, 0) is 33.8 Å². The molecule has 4 rings (SSSR count). The van der Waals surface area contributed by atoms with E-state index in [0.717, 1.165) is 11.1 Å². The van der Waals surface area contributed by atoms with Gasteiger partial charge in [-0.15, -0.1) is 0 Å². The van der Waals surface area contributed by atoms with Crippen molar-refractivity contribution in [3.63, 3.8) is 0 Å². The number of amides is 3. The number of imide groups is 1. The van der Waals surface area contributed by atoms with Gasteiger partial charge < -0.3 is 20.9 Å². The summed E-state index contributed by atoms with van der Waals surface area (Å²) < 4.78 is 10.5. The van der Waals surface area contributed by atoms with E-state index >= 15 is 0 Å². The summed E-state index contributed by atoms with van der Waals surface area (Å²) in [7, 11) is 0. The number of nitrogens with one attached hydrogen (secondary N) is 1. The first-order valence-corrected chi connectivity index (χ1v) is 10.2. The third kappa shape index (κ3) is 5.76. The molecule has 0 radical (unpaired) electrons. The fourth-order valence-electron chi connectivity index (χ4n) is 3.24. The van der Waals surface area contributed by atoms with Crippen molar-refractivity contribution in [2.24, 2.45) is 5.73 Å². The van der Waals surface area contributed by atoms with E-state index in [0.29, 0.717) is 11.3 Å². The molecule has 2 aliphatic heterocycles. The first-order chi connectivity index (χ1) is 15.0. The number of ether oxygens (including phenoxy) is 2. The molecular formula is C23H28N4O5. The third-order valence-electron chi connectivity index (χ3n) is 4.80. The minimum Gasteiger partial charge on any atom is -0.460 e. The lowest BCUT2D eigenvalue weighted by Crippen LogP contribution is -2.45. The lowest BCUT2D eigenvalue weighted by molar-refractivity contribution is -0.146. The number of urea groups is 1. The van der Waals surface area contributed by atoms with E-state index in [-0.39, 0.29) is 25.3 Å². The Bertz CT molecular complexity index is 1010. The molecule has 2 aliphatic rings. The Labute approximate surface area is 186 Å².